The Kier molecular flexibility index (Phi) is 3.50. The SMILES string of the molecule is CC1CN(c2nc(CNC3CC3)co2)CC(C)N1C. The highest BCUT2D eigenvalue weighted by molar-refractivity contribution is 5.29. The van der Waals surface area contributed by atoms with E-state index in [1.807, 2.05) is 0 Å². The maximum atomic E-state index is 5.65. The van der Waals surface area contributed by atoms with Gasteiger partial charge in [-0.3, -0.25) is 4.90 Å². The predicted molar refractivity (Wildman–Crippen MR) is 75.3 cm³/mol. The van der Waals surface area contributed by atoms with E-state index in [-0.39, 0.29) is 0 Å². The molecule has 0 amide bonds. The third kappa shape index (κ3) is 2.92. The molecule has 2 unspecified atom stereocenters. The van der Waals surface area contributed by atoms with Crippen LogP contribution in [0.5, 0.6) is 0 Å². The highest BCUT2D eigenvalue weighted by Gasteiger charge is 2.29. The number of anilines is 1. The van der Waals surface area contributed by atoms with Crippen molar-refractivity contribution in [1.82, 2.24) is 15.2 Å². The van der Waals surface area contributed by atoms with Gasteiger partial charge in [-0.2, -0.15) is 4.98 Å². The first-order chi connectivity index (χ1) is 9.13. The standard InChI is InChI=1S/C14H24N4O/c1-10-7-18(8-11(2)17(10)3)14-16-13(9-19-14)6-15-12-4-5-12/h9-12,15H,4-8H2,1-3H3. The van der Waals surface area contributed by atoms with Gasteiger partial charge in [0.05, 0.1) is 5.69 Å². The molecule has 1 N–H and O–H groups in total. The van der Waals surface area contributed by atoms with Gasteiger partial charge in [0.15, 0.2) is 0 Å². The summed E-state index contributed by atoms with van der Waals surface area (Å²) in [6.07, 6.45) is 4.40. The van der Waals surface area contributed by atoms with Crippen LogP contribution in [0.15, 0.2) is 10.7 Å². The Bertz CT molecular complexity index is 417. The average Bonchev–Trinajstić information content (AvgIpc) is 3.10. The van der Waals surface area contributed by atoms with E-state index >= 15 is 0 Å². The summed E-state index contributed by atoms with van der Waals surface area (Å²) in [6, 6.07) is 2.55. The molecule has 1 aromatic rings. The zero-order valence-corrected chi connectivity index (χ0v) is 12.1. The van der Waals surface area contributed by atoms with E-state index in [0.29, 0.717) is 18.1 Å². The monoisotopic (exact) mass is 264 g/mol. The second kappa shape index (κ2) is 5.13. The predicted octanol–water partition coefficient (Wildman–Crippen LogP) is 1.46. The fourth-order valence-corrected chi connectivity index (χ4v) is 2.62. The maximum Gasteiger partial charge on any atom is 0.297 e. The number of likely N-dealkylation sites (N-methyl/N-ethyl adjacent to an activating group) is 1. The van der Waals surface area contributed by atoms with Crippen LogP contribution in [-0.2, 0) is 6.54 Å². The van der Waals surface area contributed by atoms with Crippen molar-refractivity contribution in [2.45, 2.75) is 51.4 Å². The van der Waals surface area contributed by atoms with Crippen molar-refractivity contribution in [3.63, 3.8) is 0 Å². The van der Waals surface area contributed by atoms with Crippen molar-refractivity contribution in [2.75, 3.05) is 25.0 Å². The Morgan fingerprint density at radius 1 is 1.32 bits per heavy atom. The first kappa shape index (κ1) is 12.9. The van der Waals surface area contributed by atoms with Gasteiger partial charge < -0.3 is 14.6 Å². The van der Waals surface area contributed by atoms with Gasteiger partial charge in [0, 0.05) is 37.8 Å². The second-order valence-corrected chi connectivity index (χ2v) is 6.05. The molecule has 2 heterocycles. The first-order valence-corrected chi connectivity index (χ1v) is 7.28. The van der Waals surface area contributed by atoms with Gasteiger partial charge in [0.2, 0.25) is 0 Å². The highest BCUT2D eigenvalue weighted by Crippen LogP contribution is 2.22. The first-order valence-electron chi connectivity index (χ1n) is 7.28. The molecule has 5 heteroatoms. The molecule has 2 fully saturated rings. The molecule has 0 aromatic carbocycles. The van der Waals surface area contributed by atoms with Crippen LogP contribution in [0.4, 0.5) is 6.01 Å². The molecule has 1 aliphatic heterocycles. The van der Waals surface area contributed by atoms with E-state index < -0.39 is 0 Å². The van der Waals surface area contributed by atoms with Crippen molar-refractivity contribution >= 4 is 6.01 Å². The summed E-state index contributed by atoms with van der Waals surface area (Å²) in [5, 5.41) is 3.46. The van der Waals surface area contributed by atoms with E-state index in [9.17, 15) is 0 Å². The number of nitrogens with one attached hydrogen (secondary N) is 1. The van der Waals surface area contributed by atoms with E-state index in [2.05, 4.69) is 41.0 Å². The molecule has 5 nitrogen and oxygen atoms in total. The summed E-state index contributed by atoms with van der Waals surface area (Å²) < 4.78 is 5.65. The molecule has 106 valence electrons. The molecular weight excluding hydrogens is 240 g/mol. The molecule has 0 bridgehead atoms. The van der Waals surface area contributed by atoms with Gasteiger partial charge in [0.1, 0.15) is 6.26 Å². The number of aromatic nitrogens is 1. The fraction of sp³-hybridized carbons (Fsp3) is 0.786. The molecule has 0 spiro atoms. The van der Waals surface area contributed by atoms with E-state index in [4.69, 9.17) is 4.42 Å². The average molecular weight is 264 g/mol. The van der Waals surface area contributed by atoms with Crippen LogP contribution in [0.3, 0.4) is 0 Å². The second-order valence-electron chi connectivity index (χ2n) is 6.05. The summed E-state index contributed by atoms with van der Waals surface area (Å²) in [4.78, 5) is 9.28. The van der Waals surface area contributed by atoms with Crippen LogP contribution in [-0.4, -0.2) is 48.1 Å². The van der Waals surface area contributed by atoms with Crippen molar-refractivity contribution < 1.29 is 4.42 Å². The summed E-state index contributed by atoms with van der Waals surface area (Å²) in [7, 11) is 2.19. The normalized spacial score (nSPS) is 28.9. The number of hydrogen-bond acceptors (Lipinski definition) is 5. The quantitative estimate of drug-likeness (QED) is 0.892. The molecule has 19 heavy (non-hydrogen) atoms. The molecule has 0 radical (unpaired) electrons. The Morgan fingerprint density at radius 2 is 2.00 bits per heavy atom. The third-order valence-corrected chi connectivity index (χ3v) is 4.32. The number of piperazine rings is 1. The molecule has 1 saturated heterocycles. The lowest BCUT2D eigenvalue weighted by Crippen LogP contribution is -2.55. The van der Waals surface area contributed by atoms with E-state index in [1.165, 1.54) is 12.8 Å². The summed E-state index contributed by atoms with van der Waals surface area (Å²) in [5.41, 5.74) is 1.01. The van der Waals surface area contributed by atoms with Crippen LogP contribution in [0.2, 0.25) is 0 Å². The minimum absolute atomic E-state index is 0.531. The summed E-state index contributed by atoms with van der Waals surface area (Å²) in [6.45, 7) is 7.29. The minimum Gasteiger partial charge on any atom is -0.432 e. The van der Waals surface area contributed by atoms with Gasteiger partial charge in [-0.25, -0.2) is 0 Å². The molecule has 1 saturated carbocycles. The van der Waals surface area contributed by atoms with Crippen LogP contribution in [0, 0.1) is 0 Å². The zero-order valence-electron chi connectivity index (χ0n) is 12.1. The third-order valence-electron chi connectivity index (χ3n) is 4.32. The molecule has 2 aliphatic rings. The number of nitrogens with zero attached hydrogens (tertiary/aromatic N) is 3. The molecule has 2 atom stereocenters. The smallest absolute Gasteiger partial charge is 0.297 e. The van der Waals surface area contributed by atoms with Crippen molar-refractivity contribution in [3.8, 4) is 0 Å². The zero-order chi connectivity index (χ0) is 13.4. The lowest BCUT2D eigenvalue weighted by atomic mass is 10.1. The van der Waals surface area contributed by atoms with Gasteiger partial charge in [-0.1, -0.05) is 0 Å². The molecule has 3 rings (SSSR count). The molecule has 1 aromatic heterocycles. The maximum absolute atomic E-state index is 5.65. The Hall–Kier alpha value is -1.07. The van der Waals surface area contributed by atoms with Crippen LogP contribution >= 0.6 is 0 Å². The minimum atomic E-state index is 0.531. The number of rotatable bonds is 4. The topological polar surface area (TPSA) is 44.5 Å². The van der Waals surface area contributed by atoms with Gasteiger partial charge in [-0.15, -0.1) is 0 Å². The van der Waals surface area contributed by atoms with E-state index in [1.54, 1.807) is 6.26 Å². The van der Waals surface area contributed by atoms with E-state index in [0.717, 1.165) is 31.3 Å². The number of hydrogen-bond donors (Lipinski definition) is 1. The Balaban J connectivity index is 1.61. The Labute approximate surface area is 115 Å². The Morgan fingerprint density at radius 3 is 2.63 bits per heavy atom. The van der Waals surface area contributed by atoms with Crippen molar-refractivity contribution in [1.29, 1.82) is 0 Å². The van der Waals surface area contributed by atoms with Gasteiger partial charge in [-0.05, 0) is 33.7 Å². The number of oxazole rings is 1. The van der Waals surface area contributed by atoms with Crippen LogP contribution in [0.1, 0.15) is 32.4 Å². The highest BCUT2D eigenvalue weighted by atomic mass is 16.4. The van der Waals surface area contributed by atoms with Crippen molar-refractivity contribution in [2.24, 2.45) is 0 Å². The van der Waals surface area contributed by atoms with Crippen molar-refractivity contribution in [3.05, 3.63) is 12.0 Å². The van der Waals surface area contributed by atoms with Gasteiger partial charge >= 0.3 is 0 Å². The fourth-order valence-electron chi connectivity index (χ4n) is 2.62. The molecular formula is C14H24N4O. The largest absolute Gasteiger partial charge is 0.432 e. The lowest BCUT2D eigenvalue weighted by molar-refractivity contribution is 0.166. The van der Waals surface area contributed by atoms with Crippen LogP contribution < -0.4 is 10.2 Å². The van der Waals surface area contributed by atoms with Gasteiger partial charge in [0.25, 0.3) is 6.01 Å². The molecule has 1 aliphatic carbocycles. The van der Waals surface area contributed by atoms with Crippen LogP contribution in [0.25, 0.3) is 0 Å². The summed E-state index contributed by atoms with van der Waals surface area (Å²) in [5.74, 6) is 0. The summed E-state index contributed by atoms with van der Waals surface area (Å²) >= 11 is 0. The lowest BCUT2D eigenvalue weighted by Gasteiger charge is -2.41.